The number of benzene rings is 1. The van der Waals surface area contributed by atoms with Crippen molar-refractivity contribution in [1.29, 1.82) is 0 Å². The molecule has 1 aromatic carbocycles. The summed E-state index contributed by atoms with van der Waals surface area (Å²) in [6.45, 7) is 1.29. The molecule has 18 heavy (non-hydrogen) atoms. The van der Waals surface area contributed by atoms with E-state index >= 15 is 0 Å². The molecule has 0 aromatic heterocycles. The standard InChI is InChI=1S/C12H15Cl2NO3/c13-9-2-3-11(14)10(8-9)12(17)15-4-1-6-18-7-5-16/h2-3,8,16H,1,4-7H2,(H,15,17). The second kappa shape index (κ2) is 8.32. The van der Waals surface area contributed by atoms with Gasteiger partial charge in [0.15, 0.2) is 0 Å². The normalized spacial score (nSPS) is 10.4. The lowest BCUT2D eigenvalue weighted by molar-refractivity contribution is 0.0867. The minimum Gasteiger partial charge on any atom is -0.394 e. The summed E-state index contributed by atoms with van der Waals surface area (Å²) in [6.07, 6.45) is 0.671. The third-order valence-corrected chi connectivity index (χ3v) is 2.72. The van der Waals surface area contributed by atoms with Gasteiger partial charge in [0.1, 0.15) is 0 Å². The summed E-state index contributed by atoms with van der Waals surface area (Å²) in [7, 11) is 0. The lowest BCUT2D eigenvalue weighted by atomic mass is 10.2. The van der Waals surface area contributed by atoms with Crippen LogP contribution in [0.2, 0.25) is 10.0 Å². The molecule has 4 nitrogen and oxygen atoms in total. The van der Waals surface area contributed by atoms with Gasteiger partial charge in [-0.2, -0.15) is 0 Å². The first-order chi connectivity index (χ1) is 8.65. The Labute approximate surface area is 116 Å². The third kappa shape index (κ3) is 5.23. The van der Waals surface area contributed by atoms with Gasteiger partial charge in [0.05, 0.1) is 23.8 Å². The van der Waals surface area contributed by atoms with Crippen LogP contribution in [0.25, 0.3) is 0 Å². The van der Waals surface area contributed by atoms with Gasteiger partial charge in [-0.15, -0.1) is 0 Å². The van der Waals surface area contributed by atoms with Crippen molar-refractivity contribution in [2.24, 2.45) is 0 Å². The van der Waals surface area contributed by atoms with Gasteiger partial charge in [-0.3, -0.25) is 4.79 Å². The highest BCUT2D eigenvalue weighted by Gasteiger charge is 2.09. The molecule has 1 aromatic rings. The van der Waals surface area contributed by atoms with E-state index in [4.69, 9.17) is 33.0 Å². The number of nitrogens with one attached hydrogen (secondary N) is 1. The SMILES string of the molecule is O=C(NCCCOCCO)c1cc(Cl)ccc1Cl. The number of hydrogen-bond donors (Lipinski definition) is 2. The average molecular weight is 292 g/mol. The van der Waals surface area contributed by atoms with Crippen LogP contribution in [0.3, 0.4) is 0 Å². The Balaban J connectivity index is 2.34. The molecule has 0 aliphatic carbocycles. The molecule has 0 atom stereocenters. The molecule has 0 aliphatic rings. The molecule has 0 fully saturated rings. The van der Waals surface area contributed by atoms with E-state index in [0.717, 1.165) is 0 Å². The molecule has 0 bridgehead atoms. The van der Waals surface area contributed by atoms with Crippen LogP contribution in [-0.4, -0.2) is 37.4 Å². The van der Waals surface area contributed by atoms with Crippen molar-refractivity contribution in [2.45, 2.75) is 6.42 Å². The van der Waals surface area contributed by atoms with E-state index < -0.39 is 0 Å². The van der Waals surface area contributed by atoms with Crippen molar-refractivity contribution < 1.29 is 14.6 Å². The number of aliphatic hydroxyl groups is 1. The van der Waals surface area contributed by atoms with Crippen molar-refractivity contribution in [2.75, 3.05) is 26.4 Å². The van der Waals surface area contributed by atoms with Gasteiger partial charge >= 0.3 is 0 Å². The van der Waals surface area contributed by atoms with Crippen molar-refractivity contribution in [3.8, 4) is 0 Å². The smallest absolute Gasteiger partial charge is 0.252 e. The number of halogens is 2. The van der Waals surface area contributed by atoms with Crippen LogP contribution in [0.4, 0.5) is 0 Å². The number of carbonyl (C=O) groups is 1. The first-order valence-electron chi connectivity index (χ1n) is 5.57. The fourth-order valence-corrected chi connectivity index (χ4v) is 1.68. The highest BCUT2D eigenvalue weighted by Crippen LogP contribution is 2.20. The Morgan fingerprint density at radius 1 is 1.33 bits per heavy atom. The van der Waals surface area contributed by atoms with Crippen LogP contribution < -0.4 is 5.32 Å². The largest absolute Gasteiger partial charge is 0.394 e. The molecular weight excluding hydrogens is 277 g/mol. The molecule has 1 amide bonds. The monoisotopic (exact) mass is 291 g/mol. The number of rotatable bonds is 7. The highest BCUT2D eigenvalue weighted by atomic mass is 35.5. The predicted octanol–water partition coefficient (Wildman–Crippen LogP) is 2.12. The molecule has 0 spiro atoms. The second-order valence-corrected chi connectivity index (χ2v) is 4.41. The number of ether oxygens (including phenoxy) is 1. The third-order valence-electron chi connectivity index (χ3n) is 2.16. The Morgan fingerprint density at radius 3 is 2.83 bits per heavy atom. The molecule has 0 heterocycles. The molecular formula is C12H15Cl2NO3. The maximum absolute atomic E-state index is 11.8. The summed E-state index contributed by atoms with van der Waals surface area (Å²) in [4.78, 5) is 11.8. The van der Waals surface area contributed by atoms with E-state index in [1.165, 1.54) is 6.07 Å². The van der Waals surface area contributed by atoms with Crippen molar-refractivity contribution in [1.82, 2.24) is 5.32 Å². The van der Waals surface area contributed by atoms with Gasteiger partial charge in [-0.1, -0.05) is 23.2 Å². The maximum Gasteiger partial charge on any atom is 0.252 e. The average Bonchev–Trinajstić information content (AvgIpc) is 2.36. The number of amides is 1. The van der Waals surface area contributed by atoms with E-state index in [-0.39, 0.29) is 12.5 Å². The highest BCUT2D eigenvalue weighted by molar-refractivity contribution is 6.35. The molecule has 2 N–H and O–H groups in total. The lowest BCUT2D eigenvalue weighted by Gasteiger charge is -2.07. The van der Waals surface area contributed by atoms with Crippen molar-refractivity contribution >= 4 is 29.1 Å². The van der Waals surface area contributed by atoms with E-state index in [1.807, 2.05) is 0 Å². The fourth-order valence-electron chi connectivity index (χ4n) is 1.31. The lowest BCUT2D eigenvalue weighted by Crippen LogP contribution is -2.25. The summed E-state index contributed by atoms with van der Waals surface area (Å²) in [5.74, 6) is -0.260. The van der Waals surface area contributed by atoms with Gasteiger partial charge < -0.3 is 15.2 Å². The maximum atomic E-state index is 11.8. The van der Waals surface area contributed by atoms with Gasteiger partial charge in [0, 0.05) is 18.2 Å². The van der Waals surface area contributed by atoms with Crippen molar-refractivity contribution in [3.63, 3.8) is 0 Å². The Morgan fingerprint density at radius 2 is 2.11 bits per heavy atom. The first-order valence-corrected chi connectivity index (χ1v) is 6.32. The van der Waals surface area contributed by atoms with Crippen molar-refractivity contribution in [3.05, 3.63) is 33.8 Å². The molecule has 6 heteroatoms. The zero-order valence-electron chi connectivity index (χ0n) is 9.79. The van der Waals surface area contributed by atoms with Crippen LogP contribution in [0, 0.1) is 0 Å². The molecule has 0 saturated carbocycles. The number of carbonyl (C=O) groups excluding carboxylic acids is 1. The summed E-state index contributed by atoms with van der Waals surface area (Å²) in [5, 5.41) is 12.1. The van der Waals surface area contributed by atoms with Crippen LogP contribution in [0.15, 0.2) is 18.2 Å². The van der Waals surface area contributed by atoms with Gasteiger partial charge in [-0.05, 0) is 24.6 Å². The van der Waals surface area contributed by atoms with Gasteiger partial charge in [0.25, 0.3) is 5.91 Å². The van der Waals surface area contributed by atoms with Gasteiger partial charge in [-0.25, -0.2) is 0 Å². The topological polar surface area (TPSA) is 58.6 Å². The van der Waals surface area contributed by atoms with Crippen LogP contribution in [0.5, 0.6) is 0 Å². The molecule has 0 saturated heterocycles. The summed E-state index contributed by atoms with van der Waals surface area (Å²) < 4.78 is 5.06. The minimum absolute atomic E-state index is 0.00445. The molecule has 0 unspecified atom stereocenters. The quantitative estimate of drug-likeness (QED) is 0.757. The molecule has 0 radical (unpaired) electrons. The van der Waals surface area contributed by atoms with E-state index in [0.29, 0.717) is 41.8 Å². The molecule has 100 valence electrons. The predicted molar refractivity (Wildman–Crippen MR) is 71.3 cm³/mol. The minimum atomic E-state index is -0.260. The van der Waals surface area contributed by atoms with Gasteiger partial charge in [0.2, 0.25) is 0 Å². The zero-order chi connectivity index (χ0) is 13.4. The van der Waals surface area contributed by atoms with E-state index in [9.17, 15) is 4.79 Å². The fraction of sp³-hybridized carbons (Fsp3) is 0.417. The Kier molecular flexibility index (Phi) is 7.05. The summed E-state index contributed by atoms with van der Waals surface area (Å²) in [6, 6.07) is 4.74. The van der Waals surface area contributed by atoms with Crippen LogP contribution >= 0.6 is 23.2 Å². The molecule has 0 aliphatic heterocycles. The zero-order valence-corrected chi connectivity index (χ0v) is 11.3. The number of aliphatic hydroxyl groups excluding tert-OH is 1. The van der Waals surface area contributed by atoms with E-state index in [1.54, 1.807) is 12.1 Å². The van der Waals surface area contributed by atoms with E-state index in [2.05, 4.69) is 5.32 Å². The number of hydrogen-bond acceptors (Lipinski definition) is 3. The summed E-state index contributed by atoms with van der Waals surface area (Å²) in [5.41, 5.74) is 0.362. The Bertz CT molecular complexity index is 399. The van der Waals surface area contributed by atoms with Crippen LogP contribution in [0.1, 0.15) is 16.8 Å². The Hall–Kier alpha value is -0.810. The second-order valence-electron chi connectivity index (χ2n) is 3.57. The molecule has 1 rings (SSSR count). The first kappa shape index (κ1) is 15.2. The van der Waals surface area contributed by atoms with Crippen LogP contribution in [-0.2, 0) is 4.74 Å². The summed E-state index contributed by atoms with van der Waals surface area (Å²) >= 11 is 11.7.